The molecule has 1 fully saturated rings. The standard InChI is InChI=1S/C20H21F3N2O2S/c21-20(22,23)19(27)25(15-10-5-2-6-11-15)17(16-12-7-13-28-16)18(26)24-14-8-3-1-4-9-14/h2,5-7,10-14,17H,1,3-4,8-9H2,(H,24,26)/t17-/m0/s1. The number of alkyl halides is 3. The first kappa shape index (κ1) is 20.4. The third kappa shape index (κ3) is 4.73. The minimum Gasteiger partial charge on any atom is -0.351 e. The predicted molar refractivity (Wildman–Crippen MR) is 102 cm³/mol. The number of carbonyl (C=O) groups excluding carboxylic acids is 2. The maximum absolute atomic E-state index is 13.4. The number of anilines is 1. The van der Waals surface area contributed by atoms with Crippen molar-refractivity contribution in [2.45, 2.75) is 50.4 Å². The first-order chi connectivity index (χ1) is 13.4. The van der Waals surface area contributed by atoms with E-state index in [1.54, 1.807) is 23.6 Å². The highest BCUT2D eigenvalue weighted by molar-refractivity contribution is 7.10. The predicted octanol–water partition coefficient (Wildman–Crippen LogP) is 4.83. The van der Waals surface area contributed by atoms with Crippen LogP contribution in [0.4, 0.5) is 18.9 Å². The van der Waals surface area contributed by atoms with E-state index in [0.717, 1.165) is 43.4 Å². The molecule has 0 saturated heterocycles. The lowest BCUT2D eigenvalue weighted by atomic mass is 9.95. The number of hydrogen-bond donors (Lipinski definition) is 1. The van der Waals surface area contributed by atoms with Gasteiger partial charge < -0.3 is 5.32 Å². The summed E-state index contributed by atoms with van der Waals surface area (Å²) in [5.41, 5.74) is 0.0296. The van der Waals surface area contributed by atoms with Gasteiger partial charge in [-0.15, -0.1) is 11.3 Å². The van der Waals surface area contributed by atoms with Gasteiger partial charge in [0.25, 0.3) is 0 Å². The van der Waals surface area contributed by atoms with Crippen LogP contribution in [0, 0.1) is 0 Å². The zero-order chi connectivity index (χ0) is 20.1. The SMILES string of the molecule is O=C(NC1CCCCC1)[C@H](c1cccs1)N(C(=O)C(F)(F)F)c1ccccc1. The summed E-state index contributed by atoms with van der Waals surface area (Å²) in [6.45, 7) is 0. The van der Waals surface area contributed by atoms with Gasteiger partial charge in [-0.25, -0.2) is 0 Å². The highest BCUT2D eigenvalue weighted by Gasteiger charge is 2.47. The molecule has 1 saturated carbocycles. The summed E-state index contributed by atoms with van der Waals surface area (Å²) in [7, 11) is 0. The maximum Gasteiger partial charge on any atom is 0.471 e. The van der Waals surface area contributed by atoms with Crippen LogP contribution < -0.4 is 10.2 Å². The molecule has 1 heterocycles. The van der Waals surface area contributed by atoms with E-state index in [9.17, 15) is 22.8 Å². The highest BCUT2D eigenvalue weighted by atomic mass is 32.1. The first-order valence-corrected chi connectivity index (χ1v) is 10.0. The number of nitrogens with zero attached hydrogens (tertiary/aromatic N) is 1. The van der Waals surface area contributed by atoms with E-state index in [2.05, 4.69) is 5.32 Å². The smallest absolute Gasteiger partial charge is 0.351 e. The van der Waals surface area contributed by atoms with E-state index < -0.39 is 24.0 Å². The van der Waals surface area contributed by atoms with Gasteiger partial charge in [0.15, 0.2) is 6.04 Å². The number of rotatable bonds is 5. The molecule has 4 nitrogen and oxygen atoms in total. The fourth-order valence-electron chi connectivity index (χ4n) is 3.46. The molecule has 1 aliphatic carbocycles. The molecule has 1 aromatic heterocycles. The summed E-state index contributed by atoms with van der Waals surface area (Å²) < 4.78 is 40.2. The number of nitrogens with one attached hydrogen (secondary N) is 1. The number of hydrogen-bond acceptors (Lipinski definition) is 3. The number of halogens is 3. The molecule has 0 spiro atoms. The lowest BCUT2D eigenvalue weighted by Gasteiger charge is -2.33. The Bertz CT molecular complexity index is 788. The van der Waals surface area contributed by atoms with E-state index in [1.807, 2.05) is 0 Å². The lowest BCUT2D eigenvalue weighted by molar-refractivity contribution is -0.171. The van der Waals surface area contributed by atoms with Crippen LogP contribution in [0.1, 0.15) is 43.0 Å². The second-order valence-electron chi connectivity index (χ2n) is 6.77. The summed E-state index contributed by atoms with van der Waals surface area (Å²) in [4.78, 5) is 26.4. The monoisotopic (exact) mass is 410 g/mol. The molecule has 1 atom stereocenters. The number of carbonyl (C=O) groups is 2. The molecule has 0 bridgehead atoms. The van der Waals surface area contributed by atoms with E-state index in [0.29, 0.717) is 9.78 Å². The summed E-state index contributed by atoms with van der Waals surface area (Å²) in [6, 6.07) is 9.30. The van der Waals surface area contributed by atoms with Crippen LogP contribution >= 0.6 is 11.3 Å². The van der Waals surface area contributed by atoms with E-state index in [1.165, 1.54) is 24.3 Å². The Morgan fingerprint density at radius 3 is 2.29 bits per heavy atom. The Labute approximate surface area is 165 Å². The normalized spacial score (nSPS) is 16.4. The molecule has 0 unspecified atom stereocenters. The third-order valence-electron chi connectivity index (χ3n) is 4.77. The van der Waals surface area contributed by atoms with Gasteiger partial charge in [0.05, 0.1) is 0 Å². The van der Waals surface area contributed by atoms with Crippen LogP contribution in [0.15, 0.2) is 47.8 Å². The Morgan fingerprint density at radius 2 is 1.71 bits per heavy atom. The number of benzene rings is 1. The molecular weight excluding hydrogens is 389 g/mol. The average Bonchev–Trinajstić information content (AvgIpc) is 3.20. The Balaban J connectivity index is 1.99. The van der Waals surface area contributed by atoms with E-state index >= 15 is 0 Å². The van der Waals surface area contributed by atoms with Gasteiger partial charge in [0.2, 0.25) is 5.91 Å². The van der Waals surface area contributed by atoms with Gasteiger partial charge in [-0.05, 0) is 36.4 Å². The van der Waals surface area contributed by atoms with E-state index in [4.69, 9.17) is 0 Å². The fraction of sp³-hybridized carbons (Fsp3) is 0.400. The Hall–Kier alpha value is -2.35. The van der Waals surface area contributed by atoms with Crippen LogP contribution in [-0.2, 0) is 9.59 Å². The first-order valence-electron chi connectivity index (χ1n) is 9.17. The molecule has 28 heavy (non-hydrogen) atoms. The quantitative estimate of drug-likeness (QED) is 0.767. The Kier molecular flexibility index (Phi) is 6.39. The molecule has 2 amide bonds. The van der Waals surface area contributed by atoms with Gasteiger partial charge in [0.1, 0.15) is 0 Å². The second-order valence-corrected chi connectivity index (χ2v) is 7.75. The van der Waals surface area contributed by atoms with Crippen LogP contribution in [-0.4, -0.2) is 24.0 Å². The molecule has 1 N–H and O–H groups in total. The minimum absolute atomic E-state index is 0.0296. The molecule has 1 aliphatic rings. The number of thiophene rings is 1. The van der Waals surface area contributed by atoms with Crippen LogP contribution in [0.25, 0.3) is 0 Å². The fourth-order valence-corrected chi connectivity index (χ4v) is 4.27. The van der Waals surface area contributed by atoms with Gasteiger partial charge in [0, 0.05) is 16.6 Å². The minimum atomic E-state index is -5.10. The maximum atomic E-state index is 13.4. The van der Waals surface area contributed by atoms with Crippen LogP contribution in [0.5, 0.6) is 0 Å². The number of para-hydroxylation sites is 1. The average molecular weight is 410 g/mol. The number of amides is 2. The van der Waals surface area contributed by atoms with Crippen molar-refractivity contribution < 1.29 is 22.8 Å². The molecule has 1 aromatic carbocycles. The molecule has 2 aromatic rings. The van der Waals surface area contributed by atoms with Crippen molar-refractivity contribution in [2.24, 2.45) is 0 Å². The third-order valence-corrected chi connectivity index (χ3v) is 5.69. The van der Waals surface area contributed by atoms with Crippen molar-refractivity contribution in [3.63, 3.8) is 0 Å². The molecule has 150 valence electrons. The zero-order valence-corrected chi connectivity index (χ0v) is 15.9. The highest BCUT2D eigenvalue weighted by Crippen LogP contribution is 2.34. The topological polar surface area (TPSA) is 49.4 Å². The largest absolute Gasteiger partial charge is 0.471 e. The van der Waals surface area contributed by atoms with Crippen molar-refractivity contribution in [2.75, 3.05) is 4.90 Å². The van der Waals surface area contributed by atoms with Crippen LogP contribution in [0.3, 0.4) is 0 Å². The Morgan fingerprint density at radius 1 is 1.04 bits per heavy atom. The van der Waals surface area contributed by atoms with Gasteiger partial charge in [-0.1, -0.05) is 43.5 Å². The molecule has 8 heteroatoms. The molecule has 0 radical (unpaired) electrons. The molecular formula is C20H21F3N2O2S. The van der Waals surface area contributed by atoms with Crippen molar-refractivity contribution >= 4 is 28.8 Å². The molecule has 3 rings (SSSR count). The molecule has 0 aliphatic heterocycles. The van der Waals surface area contributed by atoms with Gasteiger partial charge >= 0.3 is 12.1 Å². The van der Waals surface area contributed by atoms with Gasteiger partial charge in [-0.3, -0.25) is 14.5 Å². The summed E-state index contributed by atoms with van der Waals surface area (Å²) in [6.07, 6.45) is -0.486. The lowest BCUT2D eigenvalue weighted by Crippen LogP contribution is -2.50. The summed E-state index contributed by atoms with van der Waals surface area (Å²) in [5.74, 6) is -2.65. The van der Waals surface area contributed by atoms with Gasteiger partial charge in [-0.2, -0.15) is 13.2 Å². The van der Waals surface area contributed by atoms with Crippen molar-refractivity contribution in [1.82, 2.24) is 5.32 Å². The zero-order valence-electron chi connectivity index (χ0n) is 15.1. The van der Waals surface area contributed by atoms with Crippen molar-refractivity contribution in [3.8, 4) is 0 Å². The van der Waals surface area contributed by atoms with Crippen molar-refractivity contribution in [3.05, 3.63) is 52.7 Å². The summed E-state index contributed by atoms with van der Waals surface area (Å²) >= 11 is 1.15. The second kappa shape index (κ2) is 8.77. The van der Waals surface area contributed by atoms with Crippen molar-refractivity contribution in [1.29, 1.82) is 0 Å². The van der Waals surface area contributed by atoms with Crippen LogP contribution in [0.2, 0.25) is 0 Å². The van der Waals surface area contributed by atoms with E-state index in [-0.39, 0.29) is 11.7 Å². The summed E-state index contributed by atoms with van der Waals surface area (Å²) in [5, 5.41) is 4.55.